The van der Waals surface area contributed by atoms with Gasteiger partial charge in [-0.2, -0.15) is 0 Å². The van der Waals surface area contributed by atoms with Crippen LogP contribution < -0.4 is 5.32 Å². The van der Waals surface area contributed by atoms with Crippen molar-refractivity contribution in [2.75, 3.05) is 32.7 Å². The maximum absolute atomic E-state index is 13.4. The molecule has 0 saturated carbocycles. The first-order valence-corrected chi connectivity index (χ1v) is 11.4. The molecule has 8 nitrogen and oxygen atoms in total. The third kappa shape index (κ3) is 4.19. The molecule has 1 N–H and O–H groups in total. The van der Waals surface area contributed by atoms with Gasteiger partial charge in [-0.25, -0.2) is 4.79 Å². The second-order valence-electron chi connectivity index (χ2n) is 8.37. The first kappa shape index (κ1) is 22.9. The summed E-state index contributed by atoms with van der Waals surface area (Å²) in [5.41, 5.74) is 1.63. The number of carbonyl (C=O) groups excluding carboxylic acids is 3. The molecule has 1 saturated heterocycles. The van der Waals surface area contributed by atoms with Gasteiger partial charge >= 0.3 is 6.03 Å². The summed E-state index contributed by atoms with van der Waals surface area (Å²) in [6.45, 7) is 7.21. The van der Waals surface area contributed by atoms with Crippen LogP contribution in [-0.4, -0.2) is 77.5 Å². The molecule has 0 aliphatic carbocycles. The number of nitrogens with one attached hydrogen (secondary N) is 1. The Morgan fingerprint density at radius 3 is 2.50 bits per heavy atom. The Balaban J connectivity index is 1.60. The lowest BCUT2D eigenvalue weighted by Crippen LogP contribution is -2.51. The number of hydrogen-bond donors (Lipinski definition) is 1. The van der Waals surface area contributed by atoms with Crippen LogP contribution in [0, 0.1) is 0 Å². The highest BCUT2D eigenvalue weighted by atomic mass is 35.5. The minimum Gasteiger partial charge on any atom is -0.372 e. The zero-order valence-electron chi connectivity index (χ0n) is 18.2. The Kier molecular flexibility index (Phi) is 6.38. The van der Waals surface area contributed by atoms with Crippen molar-refractivity contribution < 1.29 is 19.1 Å². The van der Waals surface area contributed by atoms with Crippen LogP contribution in [0.1, 0.15) is 32.4 Å². The lowest BCUT2D eigenvalue weighted by molar-refractivity contribution is -0.146. The summed E-state index contributed by atoms with van der Waals surface area (Å²) in [6, 6.07) is 3.95. The number of halogens is 2. The first-order valence-electron chi connectivity index (χ1n) is 10.7. The van der Waals surface area contributed by atoms with E-state index >= 15 is 0 Å². The van der Waals surface area contributed by atoms with E-state index in [0.29, 0.717) is 46.5 Å². The summed E-state index contributed by atoms with van der Waals surface area (Å²) >= 11 is 12.4. The molecule has 0 spiro atoms. The number of nitrogens with zero attached hydrogens (tertiary/aromatic N) is 3. The van der Waals surface area contributed by atoms with Crippen molar-refractivity contribution in [3.05, 3.63) is 45.1 Å². The van der Waals surface area contributed by atoms with E-state index in [4.69, 9.17) is 27.9 Å². The summed E-state index contributed by atoms with van der Waals surface area (Å²) in [5.74, 6) is -0.416. The number of morpholine rings is 1. The molecule has 1 fully saturated rings. The molecule has 0 aromatic heterocycles. The Morgan fingerprint density at radius 1 is 1.19 bits per heavy atom. The van der Waals surface area contributed by atoms with Crippen molar-refractivity contribution in [1.82, 2.24) is 20.0 Å². The SMILES string of the molecule is CCN1C(=O)NC(c2ccc(Cl)cc2Cl)C2=C1CN(CC(=O)N1CC(C)OC(C)C1)C2=O. The number of carbonyl (C=O) groups is 3. The van der Waals surface area contributed by atoms with Gasteiger partial charge in [0.2, 0.25) is 5.91 Å². The molecule has 32 heavy (non-hydrogen) atoms. The summed E-state index contributed by atoms with van der Waals surface area (Å²) < 4.78 is 5.70. The van der Waals surface area contributed by atoms with Gasteiger partial charge in [-0.1, -0.05) is 29.3 Å². The van der Waals surface area contributed by atoms with Crippen LogP contribution in [0.2, 0.25) is 10.0 Å². The third-order valence-corrected chi connectivity index (χ3v) is 6.55. The number of benzene rings is 1. The van der Waals surface area contributed by atoms with Gasteiger partial charge in [-0.15, -0.1) is 0 Å². The van der Waals surface area contributed by atoms with Gasteiger partial charge in [-0.05, 0) is 38.5 Å². The molecule has 1 aromatic rings. The highest BCUT2D eigenvalue weighted by Gasteiger charge is 2.45. The predicted molar refractivity (Wildman–Crippen MR) is 120 cm³/mol. The number of likely N-dealkylation sites (N-methyl/N-ethyl adjacent to an activating group) is 1. The number of hydrogen-bond acceptors (Lipinski definition) is 4. The molecule has 3 aliphatic heterocycles. The largest absolute Gasteiger partial charge is 0.372 e. The van der Waals surface area contributed by atoms with E-state index in [1.165, 1.54) is 9.80 Å². The first-order chi connectivity index (χ1) is 15.2. The van der Waals surface area contributed by atoms with Crippen molar-refractivity contribution in [2.24, 2.45) is 0 Å². The lowest BCUT2D eigenvalue weighted by atomic mass is 9.95. The van der Waals surface area contributed by atoms with Gasteiger partial charge in [0.05, 0.1) is 36.1 Å². The van der Waals surface area contributed by atoms with Crippen LogP contribution in [0.5, 0.6) is 0 Å². The van der Waals surface area contributed by atoms with E-state index in [1.807, 2.05) is 20.8 Å². The minimum absolute atomic E-state index is 0.0575. The van der Waals surface area contributed by atoms with Crippen molar-refractivity contribution in [3.63, 3.8) is 0 Å². The standard InChI is InChI=1S/C22H26Cl2N4O4/c1-4-28-17-10-27(11-18(29)26-8-12(2)32-13(3)9-26)21(30)19(17)20(25-22(28)31)15-6-5-14(23)7-16(15)24/h5-7,12-13,20H,4,8-11H2,1-3H3,(H,25,31). The molecule has 3 unspecified atom stereocenters. The Hall–Kier alpha value is -2.29. The molecular weight excluding hydrogens is 455 g/mol. The highest BCUT2D eigenvalue weighted by Crippen LogP contribution is 2.39. The monoisotopic (exact) mass is 480 g/mol. The molecule has 4 amide bonds. The predicted octanol–water partition coefficient (Wildman–Crippen LogP) is 2.81. The van der Waals surface area contributed by atoms with Gasteiger partial charge < -0.3 is 19.9 Å². The summed E-state index contributed by atoms with van der Waals surface area (Å²) in [7, 11) is 0. The minimum atomic E-state index is -0.707. The zero-order chi connectivity index (χ0) is 23.2. The zero-order valence-corrected chi connectivity index (χ0v) is 19.7. The molecule has 3 heterocycles. The Morgan fingerprint density at radius 2 is 1.88 bits per heavy atom. The molecule has 3 atom stereocenters. The van der Waals surface area contributed by atoms with Crippen LogP contribution in [0.4, 0.5) is 4.79 Å². The van der Waals surface area contributed by atoms with E-state index in [9.17, 15) is 14.4 Å². The lowest BCUT2D eigenvalue weighted by Gasteiger charge is -2.36. The van der Waals surface area contributed by atoms with Crippen LogP contribution in [-0.2, 0) is 14.3 Å². The fourth-order valence-electron chi connectivity index (χ4n) is 4.62. The van der Waals surface area contributed by atoms with Crippen molar-refractivity contribution >= 4 is 41.0 Å². The second-order valence-corrected chi connectivity index (χ2v) is 9.21. The summed E-state index contributed by atoms with van der Waals surface area (Å²) in [4.78, 5) is 44.0. The normalized spacial score (nSPS) is 25.9. The number of urea groups is 1. The van der Waals surface area contributed by atoms with Gasteiger partial charge in [0.25, 0.3) is 5.91 Å². The smallest absolute Gasteiger partial charge is 0.322 e. The average molecular weight is 481 g/mol. The van der Waals surface area contributed by atoms with Gasteiger partial charge in [0.15, 0.2) is 0 Å². The summed E-state index contributed by atoms with van der Waals surface area (Å²) in [6.07, 6.45) is -0.116. The Labute approximate surface area is 197 Å². The van der Waals surface area contributed by atoms with Gasteiger partial charge in [-0.3, -0.25) is 14.5 Å². The number of rotatable bonds is 4. The molecule has 0 radical (unpaired) electrons. The van der Waals surface area contributed by atoms with Crippen LogP contribution >= 0.6 is 23.2 Å². The van der Waals surface area contributed by atoms with Crippen molar-refractivity contribution in [1.29, 1.82) is 0 Å². The third-order valence-electron chi connectivity index (χ3n) is 5.98. The average Bonchev–Trinajstić information content (AvgIpc) is 3.03. The molecule has 10 heteroatoms. The van der Waals surface area contributed by atoms with Gasteiger partial charge in [0, 0.05) is 29.7 Å². The quantitative estimate of drug-likeness (QED) is 0.717. The van der Waals surface area contributed by atoms with Crippen LogP contribution in [0.15, 0.2) is 29.5 Å². The van der Waals surface area contributed by atoms with E-state index in [2.05, 4.69) is 5.32 Å². The molecule has 1 aromatic carbocycles. The molecule has 3 aliphatic rings. The van der Waals surface area contributed by atoms with Crippen LogP contribution in [0.25, 0.3) is 0 Å². The number of amides is 4. The van der Waals surface area contributed by atoms with E-state index < -0.39 is 6.04 Å². The second kappa shape index (κ2) is 8.92. The maximum Gasteiger partial charge on any atom is 0.322 e. The van der Waals surface area contributed by atoms with Gasteiger partial charge in [0.1, 0.15) is 6.54 Å². The maximum atomic E-state index is 13.4. The fraction of sp³-hybridized carbons (Fsp3) is 0.500. The van der Waals surface area contributed by atoms with Crippen molar-refractivity contribution in [2.45, 2.75) is 39.0 Å². The molecule has 4 rings (SSSR count). The topological polar surface area (TPSA) is 82.2 Å². The molecular formula is C22H26Cl2N4O4. The molecule has 172 valence electrons. The Bertz CT molecular complexity index is 988. The van der Waals surface area contributed by atoms with Crippen molar-refractivity contribution in [3.8, 4) is 0 Å². The highest BCUT2D eigenvalue weighted by molar-refractivity contribution is 6.35. The number of ether oxygens (including phenoxy) is 1. The molecule has 0 bridgehead atoms. The van der Waals surface area contributed by atoms with E-state index in [1.54, 1.807) is 23.1 Å². The van der Waals surface area contributed by atoms with E-state index in [-0.39, 0.29) is 43.1 Å². The fourth-order valence-corrected chi connectivity index (χ4v) is 5.14. The van der Waals surface area contributed by atoms with Crippen LogP contribution in [0.3, 0.4) is 0 Å². The van der Waals surface area contributed by atoms with E-state index in [0.717, 1.165) is 0 Å². The summed E-state index contributed by atoms with van der Waals surface area (Å²) in [5, 5.41) is 3.71.